The zero-order valence-corrected chi connectivity index (χ0v) is 18.9. The van der Waals surface area contributed by atoms with Crippen LogP contribution >= 0.6 is 0 Å². The number of carbonyl (C=O) groups excluding carboxylic acids is 1. The fourth-order valence-electron chi connectivity index (χ4n) is 4.04. The van der Waals surface area contributed by atoms with Gasteiger partial charge in [-0.25, -0.2) is 0 Å². The Bertz CT molecular complexity index is 1220. The normalized spacial score (nSPS) is 13.0. The predicted molar refractivity (Wildman–Crippen MR) is 135 cm³/mol. The molecule has 1 N–H and O–H groups in total. The molecule has 0 bridgehead atoms. The molecule has 0 atom stereocenters. The molecule has 170 valence electrons. The molecule has 0 saturated carbocycles. The van der Waals surface area contributed by atoms with Crippen molar-refractivity contribution in [2.45, 2.75) is 12.8 Å². The largest absolute Gasteiger partial charge is 0.484 e. The van der Waals surface area contributed by atoms with E-state index < -0.39 is 0 Å². The Kier molecular flexibility index (Phi) is 6.47. The molecule has 2 heterocycles. The van der Waals surface area contributed by atoms with Gasteiger partial charge in [-0.2, -0.15) is 0 Å². The van der Waals surface area contributed by atoms with Crippen LogP contribution in [0, 0.1) is 0 Å². The van der Waals surface area contributed by atoms with Crippen molar-refractivity contribution in [3.8, 4) is 28.1 Å². The molecule has 5 rings (SSSR count). The molecule has 4 aromatic rings. The third-order valence-electron chi connectivity index (χ3n) is 5.88. The van der Waals surface area contributed by atoms with Crippen molar-refractivity contribution in [1.29, 1.82) is 0 Å². The Labute approximate surface area is 199 Å². The molecule has 1 aromatic heterocycles. The topological polar surface area (TPSA) is 67.3 Å². The number of amides is 1. The quantitative estimate of drug-likeness (QED) is 0.407. The minimum atomic E-state index is -0.213. The van der Waals surface area contributed by atoms with Crippen LogP contribution in [0.1, 0.15) is 12.8 Å². The number of hydrogen-bond donors (Lipinski definition) is 1. The molecular formula is C28H26N4O2. The average Bonchev–Trinajstić information content (AvgIpc) is 3.44. The third-order valence-corrected chi connectivity index (χ3v) is 5.88. The van der Waals surface area contributed by atoms with Gasteiger partial charge in [-0.1, -0.05) is 54.6 Å². The maximum atomic E-state index is 12.3. The first-order chi connectivity index (χ1) is 16.7. The summed E-state index contributed by atoms with van der Waals surface area (Å²) >= 11 is 0. The molecule has 1 saturated heterocycles. The zero-order chi connectivity index (χ0) is 23.2. The van der Waals surface area contributed by atoms with Crippen LogP contribution < -0.4 is 15.0 Å². The van der Waals surface area contributed by atoms with Gasteiger partial charge < -0.3 is 15.0 Å². The molecule has 34 heavy (non-hydrogen) atoms. The average molecular weight is 451 g/mol. The van der Waals surface area contributed by atoms with Gasteiger partial charge in [0.2, 0.25) is 0 Å². The van der Waals surface area contributed by atoms with E-state index in [4.69, 9.17) is 4.74 Å². The summed E-state index contributed by atoms with van der Waals surface area (Å²) in [6.45, 7) is 2.03. The van der Waals surface area contributed by atoms with Gasteiger partial charge in [0, 0.05) is 24.3 Å². The highest BCUT2D eigenvalue weighted by Gasteiger charge is 2.14. The van der Waals surface area contributed by atoms with Gasteiger partial charge >= 0.3 is 0 Å². The fraction of sp³-hybridized carbons (Fsp3) is 0.179. The minimum Gasteiger partial charge on any atom is -0.484 e. The van der Waals surface area contributed by atoms with Gasteiger partial charge in [-0.15, -0.1) is 10.2 Å². The van der Waals surface area contributed by atoms with Gasteiger partial charge in [-0.05, 0) is 60.4 Å². The van der Waals surface area contributed by atoms with Crippen LogP contribution in [0.4, 0.5) is 11.5 Å². The molecule has 6 nitrogen and oxygen atoms in total. The smallest absolute Gasteiger partial charge is 0.262 e. The lowest BCUT2D eigenvalue weighted by Crippen LogP contribution is -2.20. The van der Waals surface area contributed by atoms with Crippen molar-refractivity contribution in [2.75, 3.05) is 29.9 Å². The van der Waals surface area contributed by atoms with Crippen LogP contribution in [0.25, 0.3) is 22.4 Å². The Hall–Kier alpha value is -4.19. The molecule has 1 amide bonds. The van der Waals surface area contributed by atoms with Crippen molar-refractivity contribution >= 4 is 17.4 Å². The van der Waals surface area contributed by atoms with Crippen molar-refractivity contribution in [3.05, 3.63) is 91.0 Å². The number of aromatic nitrogens is 2. The van der Waals surface area contributed by atoms with Crippen LogP contribution in [0.5, 0.6) is 5.75 Å². The second kappa shape index (κ2) is 10.2. The van der Waals surface area contributed by atoms with Gasteiger partial charge in [0.25, 0.3) is 5.91 Å². The molecule has 3 aromatic carbocycles. The van der Waals surface area contributed by atoms with Gasteiger partial charge in [0.1, 0.15) is 5.75 Å². The van der Waals surface area contributed by atoms with E-state index in [-0.39, 0.29) is 12.5 Å². The van der Waals surface area contributed by atoms with Gasteiger partial charge in [0.15, 0.2) is 12.4 Å². The van der Waals surface area contributed by atoms with E-state index in [1.165, 1.54) is 12.8 Å². The highest BCUT2D eigenvalue weighted by atomic mass is 16.5. The van der Waals surface area contributed by atoms with E-state index in [9.17, 15) is 4.79 Å². The Balaban J connectivity index is 1.13. The summed E-state index contributed by atoms with van der Waals surface area (Å²) in [5.41, 5.74) is 4.71. The van der Waals surface area contributed by atoms with E-state index in [0.717, 1.165) is 41.3 Å². The predicted octanol–water partition coefficient (Wildman–Crippen LogP) is 5.43. The van der Waals surface area contributed by atoms with Crippen molar-refractivity contribution in [1.82, 2.24) is 10.2 Å². The van der Waals surface area contributed by atoms with Crippen LogP contribution in [-0.2, 0) is 4.79 Å². The van der Waals surface area contributed by atoms with E-state index in [2.05, 4.69) is 32.5 Å². The Morgan fingerprint density at radius 2 is 1.44 bits per heavy atom. The summed E-state index contributed by atoms with van der Waals surface area (Å²) in [4.78, 5) is 14.6. The van der Waals surface area contributed by atoms with Crippen molar-refractivity contribution < 1.29 is 9.53 Å². The van der Waals surface area contributed by atoms with Gasteiger partial charge in [-0.3, -0.25) is 4.79 Å². The monoisotopic (exact) mass is 450 g/mol. The minimum absolute atomic E-state index is 0.0597. The summed E-state index contributed by atoms with van der Waals surface area (Å²) in [5, 5.41) is 11.6. The second-order valence-electron chi connectivity index (χ2n) is 8.28. The van der Waals surface area contributed by atoms with E-state index in [1.807, 2.05) is 78.9 Å². The number of benzene rings is 3. The summed E-state index contributed by atoms with van der Waals surface area (Å²) in [5.74, 6) is 1.37. The number of carbonyl (C=O) groups is 1. The van der Waals surface area contributed by atoms with Gasteiger partial charge in [0.05, 0.1) is 5.69 Å². The lowest BCUT2D eigenvalue weighted by Gasteiger charge is -2.15. The summed E-state index contributed by atoms with van der Waals surface area (Å²) in [6, 6.07) is 29.4. The van der Waals surface area contributed by atoms with Crippen molar-refractivity contribution in [2.24, 2.45) is 0 Å². The highest BCUT2D eigenvalue weighted by molar-refractivity contribution is 5.92. The van der Waals surface area contributed by atoms with E-state index in [0.29, 0.717) is 11.4 Å². The van der Waals surface area contributed by atoms with Crippen LogP contribution in [-0.4, -0.2) is 35.8 Å². The molecule has 1 fully saturated rings. The first-order valence-corrected chi connectivity index (χ1v) is 11.5. The maximum Gasteiger partial charge on any atom is 0.262 e. The number of nitrogens with one attached hydrogen (secondary N) is 1. The zero-order valence-electron chi connectivity index (χ0n) is 18.9. The van der Waals surface area contributed by atoms with Crippen molar-refractivity contribution in [3.63, 3.8) is 0 Å². The standard InChI is InChI=1S/C28H26N4O2/c33-28(20-34-25-14-10-22(11-15-25)21-6-2-1-3-7-21)29-24-12-8-23(9-13-24)26-16-17-27(31-30-26)32-18-4-5-19-32/h1-3,6-17H,4-5,18-20H2,(H,29,33). The van der Waals surface area contributed by atoms with E-state index >= 15 is 0 Å². The molecule has 1 aliphatic rings. The van der Waals surface area contributed by atoms with Crippen LogP contribution in [0.2, 0.25) is 0 Å². The van der Waals surface area contributed by atoms with Crippen LogP contribution in [0.15, 0.2) is 91.0 Å². The first kappa shape index (κ1) is 21.6. The SMILES string of the molecule is O=C(COc1ccc(-c2ccccc2)cc1)Nc1ccc(-c2ccc(N3CCCC3)nn2)cc1. The first-order valence-electron chi connectivity index (χ1n) is 11.5. The number of rotatable bonds is 7. The number of nitrogens with zero attached hydrogens (tertiary/aromatic N) is 3. The lowest BCUT2D eigenvalue weighted by atomic mass is 10.1. The highest BCUT2D eigenvalue weighted by Crippen LogP contribution is 2.23. The summed E-state index contributed by atoms with van der Waals surface area (Å²) < 4.78 is 5.64. The molecule has 6 heteroatoms. The Morgan fingerprint density at radius 3 is 2.12 bits per heavy atom. The fourth-order valence-corrected chi connectivity index (χ4v) is 4.04. The number of anilines is 2. The van der Waals surface area contributed by atoms with Crippen LogP contribution in [0.3, 0.4) is 0 Å². The number of hydrogen-bond acceptors (Lipinski definition) is 5. The molecule has 0 spiro atoms. The third kappa shape index (κ3) is 5.23. The maximum absolute atomic E-state index is 12.3. The summed E-state index contributed by atoms with van der Waals surface area (Å²) in [7, 11) is 0. The molecule has 0 aliphatic carbocycles. The summed E-state index contributed by atoms with van der Waals surface area (Å²) in [6.07, 6.45) is 2.42. The number of ether oxygens (including phenoxy) is 1. The second-order valence-corrected chi connectivity index (χ2v) is 8.28. The van der Waals surface area contributed by atoms with E-state index in [1.54, 1.807) is 0 Å². The Morgan fingerprint density at radius 1 is 0.765 bits per heavy atom. The molecule has 1 aliphatic heterocycles. The molecular weight excluding hydrogens is 424 g/mol. The molecule has 0 radical (unpaired) electrons. The molecule has 0 unspecified atom stereocenters. The lowest BCUT2D eigenvalue weighted by molar-refractivity contribution is -0.118.